The van der Waals surface area contributed by atoms with Gasteiger partial charge < -0.3 is 59.8 Å². The van der Waals surface area contributed by atoms with Crippen LogP contribution in [0, 0.1) is 52.3 Å². The van der Waals surface area contributed by atoms with Gasteiger partial charge in [-0.15, -0.1) is 0 Å². The third-order valence-electron chi connectivity index (χ3n) is 15.2. The van der Waals surface area contributed by atoms with Crippen LogP contribution in [0.5, 0.6) is 0 Å². The van der Waals surface area contributed by atoms with Gasteiger partial charge in [0.05, 0.1) is 24.9 Å². The maximum atomic E-state index is 13.8. The van der Waals surface area contributed by atoms with Crippen molar-refractivity contribution in [2.75, 3.05) is 13.2 Å². The van der Waals surface area contributed by atoms with Crippen LogP contribution < -0.4 is 0 Å². The first-order valence-corrected chi connectivity index (χ1v) is 20.0. The molecule has 4 saturated carbocycles. The first-order chi connectivity index (χ1) is 24.5. The molecule has 0 aromatic carbocycles. The Bertz CT molecular complexity index is 1220. The van der Waals surface area contributed by atoms with Gasteiger partial charge in [0.1, 0.15) is 48.5 Å². The van der Waals surface area contributed by atoms with Crippen LogP contribution in [-0.2, 0) is 23.7 Å². The van der Waals surface area contributed by atoms with Crippen LogP contribution in [0.4, 0.5) is 0 Å². The lowest BCUT2D eigenvalue weighted by molar-refractivity contribution is -0.371. The minimum absolute atomic E-state index is 0.0156. The summed E-state index contributed by atoms with van der Waals surface area (Å²) in [5.41, 5.74) is -0.196. The van der Waals surface area contributed by atoms with Gasteiger partial charge in [-0.3, -0.25) is 4.79 Å². The first kappa shape index (κ1) is 40.8. The van der Waals surface area contributed by atoms with Crippen molar-refractivity contribution >= 4 is 5.78 Å². The highest BCUT2D eigenvalue weighted by atomic mass is 16.8. The lowest BCUT2D eigenvalue weighted by Gasteiger charge is -2.61. The molecule has 6 rings (SSSR count). The summed E-state index contributed by atoms with van der Waals surface area (Å²) in [4.78, 5) is 13.8. The van der Waals surface area contributed by atoms with Crippen LogP contribution in [0.25, 0.3) is 0 Å². The van der Waals surface area contributed by atoms with Crippen molar-refractivity contribution in [2.45, 2.75) is 172 Å². The summed E-state index contributed by atoms with van der Waals surface area (Å²) in [5.74, 6) is 1.03. The van der Waals surface area contributed by atoms with E-state index in [0.29, 0.717) is 31.1 Å². The number of aliphatic hydroxyl groups excluding tert-OH is 8. The van der Waals surface area contributed by atoms with E-state index >= 15 is 0 Å². The summed E-state index contributed by atoms with van der Waals surface area (Å²) in [5, 5.41) is 84.2. The molecule has 1 unspecified atom stereocenters. The normalized spacial score (nSPS) is 51.9. The van der Waals surface area contributed by atoms with E-state index in [4.69, 9.17) is 18.9 Å². The van der Waals surface area contributed by atoms with Crippen LogP contribution in [0.2, 0.25) is 0 Å². The van der Waals surface area contributed by atoms with E-state index in [9.17, 15) is 45.6 Å². The van der Waals surface area contributed by atoms with Gasteiger partial charge in [0.2, 0.25) is 0 Å². The predicted molar refractivity (Wildman–Crippen MR) is 186 cm³/mol. The Kier molecular flexibility index (Phi) is 12.5. The first-order valence-electron chi connectivity index (χ1n) is 20.0. The molecule has 0 radical (unpaired) electrons. The molecular weight excluding hydrogens is 676 g/mol. The summed E-state index contributed by atoms with van der Waals surface area (Å²) in [7, 11) is 0. The summed E-state index contributed by atoms with van der Waals surface area (Å²) < 4.78 is 24.9. The smallest absolute Gasteiger partial charge is 0.187 e. The van der Waals surface area contributed by atoms with Crippen molar-refractivity contribution in [3.8, 4) is 0 Å². The summed E-state index contributed by atoms with van der Waals surface area (Å²) in [6.07, 6.45) is -6.81. The third kappa shape index (κ3) is 7.29. The minimum Gasteiger partial charge on any atom is -0.396 e. The second-order valence-corrected chi connectivity index (χ2v) is 18.1. The van der Waals surface area contributed by atoms with Crippen LogP contribution in [0.15, 0.2) is 0 Å². The molecule has 13 heteroatoms. The zero-order chi connectivity index (χ0) is 37.9. The maximum absolute atomic E-state index is 13.8. The van der Waals surface area contributed by atoms with Crippen LogP contribution >= 0.6 is 0 Å². The monoisotopic (exact) mass is 742 g/mol. The van der Waals surface area contributed by atoms with Gasteiger partial charge >= 0.3 is 0 Å². The number of Topliss-reactive ketones (excluding diaryl/α,β-unsaturated/α-hetero) is 1. The fourth-order valence-electron chi connectivity index (χ4n) is 11.9. The summed E-state index contributed by atoms with van der Waals surface area (Å²) in [6, 6.07) is 0. The molecule has 0 amide bonds. The van der Waals surface area contributed by atoms with E-state index in [2.05, 4.69) is 13.8 Å². The van der Waals surface area contributed by atoms with E-state index in [-0.39, 0.29) is 58.9 Å². The SMILES string of the molecule is C[C@@H](CO)CCC(=O)[C@@H](C)C1C[C@H](O[C@@H]2O[C@H](CO)[C@@H](O)[C@H](O)[C@H]2O[C@@H]2O[C@@H](C)[C@H](O)[C@@H](O)[C@H]2O)[C@H]2[C@@H]3CC[C@H]4C[C@@H](O)CC[C@]4(C)[C@H]3CC[C@]12C. The molecule has 2 heterocycles. The van der Waals surface area contributed by atoms with Gasteiger partial charge in [0, 0.05) is 18.9 Å². The molecule has 0 bridgehead atoms. The summed E-state index contributed by atoms with van der Waals surface area (Å²) >= 11 is 0. The lowest BCUT2D eigenvalue weighted by Crippen LogP contribution is -2.64. The number of fused-ring (bicyclic) bond motifs is 5. The Morgan fingerprint density at radius 2 is 1.52 bits per heavy atom. The van der Waals surface area contributed by atoms with Gasteiger partial charge in [0.15, 0.2) is 12.6 Å². The fraction of sp³-hybridized carbons (Fsp3) is 0.974. The van der Waals surface area contributed by atoms with Gasteiger partial charge in [-0.2, -0.15) is 0 Å². The minimum atomic E-state index is -1.67. The zero-order valence-electron chi connectivity index (χ0n) is 31.6. The van der Waals surface area contributed by atoms with E-state index < -0.39 is 74.1 Å². The predicted octanol–water partition coefficient (Wildman–Crippen LogP) is 1.27. The third-order valence-corrected chi connectivity index (χ3v) is 15.2. The molecule has 300 valence electrons. The Labute approximate surface area is 308 Å². The molecular formula is C39H66O13. The van der Waals surface area contributed by atoms with Crippen molar-refractivity contribution < 1.29 is 64.6 Å². The standard InChI is InChI=1S/C39H66O13/c1-18(16-40)6-9-26(43)19(2)25-15-27(29-23-8-7-21-14-22(42)10-12-38(21,4)24(23)11-13-39(25,29)5)50-37-35(33(47)31(45)28(17-41)51-37)52-36-34(48)32(46)30(44)20(3)49-36/h18-25,27-37,40-42,44-48H,6-17H2,1-5H3/t18-,19+,20+,21+,22+,23-,24+,25?,27+,28-,29-,30+,31-,32-,33+,34-,35-,36+,37-,38+,39-/m1/s1. The molecule has 52 heavy (non-hydrogen) atoms. The molecule has 21 atom stereocenters. The molecule has 6 fully saturated rings. The van der Waals surface area contributed by atoms with Crippen LogP contribution in [0.1, 0.15) is 98.8 Å². The Morgan fingerprint density at radius 3 is 2.21 bits per heavy atom. The van der Waals surface area contributed by atoms with E-state index in [0.717, 1.165) is 44.9 Å². The number of carbonyl (C=O) groups excluding carboxylic acids is 1. The fourth-order valence-corrected chi connectivity index (χ4v) is 11.9. The number of carbonyl (C=O) groups is 1. The number of rotatable bonds is 11. The highest BCUT2D eigenvalue weighted by Gasteiger charge is 2.65. The molecule has 2 aliphatic heterocycles. The van der Waals surface area contributed by atoms with Gasteiger partial charge in [-0.05, 0) is 111 Å². The van der Waals surface area contributed by atoms with Crippen LogP contribution in [-0.4, -0.2) is 133 Å². The Hall–Kier alpha value is -0.810. The van der Waals surface area contributed by atoms with E-state index in [1.54, 1.807) is 0 Å². The maximum Gasteiger partial charge on any atom is 0.187 e. The molecule has 4 aliphatic carbocycles. The van der Waals surface area contributed by atoms with Crippen molar-refractivity contribution in [3.05, 3.63) is 0 Å². The second kappa shape index (κ2) is 16.0. The molecule has 6 aliphatic rings. The number of hydrogen-bond donors (Lipinski definition) is 8. The van der Waals surface area contributed by atoms with Crippen LogP contribution in [0.3, 0.4) is 0 Å². The van der Waals surface area contributed by atoms with Crippen molar-refractivity contribution in [2.24, 2.45) is 52.3 Å². The number of ether oxygens (including phenoxy) is 4. The van der Waals surface area contributed by atoms with Gasteiger partial charge in [-0.1, -0.05) is 27.7 Å². The highest BCUT2D eigenvalue weighted by Crippen LogP contribution is 2.69. The second-order valence-electron chi connectivity index (χ2n) is 18.1. The Balaban J connectivity index is 1.32. The molecule has 13 nitrogen and oxygen atoms in total. The quantitative estimate of drug-likeness (QED) is 0.150. The zero-order valence-corrected chi connectivity index (χ0v) is 31.6. The summed E-state index contributed by atoms with van der Waals surface area (Å²) in [6.45, 7) is 9.60. The van der Waals surface area contributed by atoms with Gasteiger partial charge in [-0.25, -0.2) is 0 Å². The molecule has 0 aromatic rings. The average Bonchev–Trinajstić information content (AvgIpc) is 3.42. The number of ketones is 1. The highest BCUT2D eigenvalue weighted by molar-refractivity contribution is 5.81. The number of hydrogen-bond acceptors (Lipinski definition) is 13. The molecule has 0 aromatic heterocycles. The molecule has 0 spiro atoms. The molecule has 2 saturated heterocycles. The van der Waals surface area contributed by atoms with E-state index in [1.165, 1.54) is 6.92 Å². The topological polar surface area (TPSA) is 216 Å². The molecule has 8 N–H and O–H groups in total. The van der Waals surface area contributed by atoms with E-state index in [1.807, 2.05) is 13.8 Å². The Morgan fingerprint density at radius 1 is 0.808 bits per heavy atom. The van der Waals surface area contributed by atoms with Crippen molar-refractivity contribution in [1.29, 1.82) is 0 Å². The number of aliphatic hydroxyl groups is 8. The largest absolute Gasteiger partial charge is 0.396 e. The van der Waals surface area contributed by atoms with Crippen molar-refractivity contribution in [1.82, 2.24) is 0 Å². The average molecular weight is 743 g/mol. The lowest BCUT2D eigenvalue weighted by atomic mass is 9.44. The van der Waals surface area contributed by atoms with Crippen molar-refractivity contribution in [3.63, 3.8) is 0 Å². The van der Waals surface area contributed by atoms with Gasteiger partial charge in [0.25, 0.3) is 0 Å².